The van der Waals surface area contributed by atoms with E-state index in [2.05, 4.69) is 21.3 Å². The van der Waals surface area contributed by atoms with E-state index >= 15 is 0 Å². The standard InChI is InChI=1S/C71H118N4O54/c1-16(83)72-31-20(87)5-71(70(109)110,129-57(31)35(89)21(88)6-76)113-15-30-39(93)47(101)51(105)67(122-30)124-55-26(11-81)119-63(34(44(55)98)75-19(4)86)128-60-48(102)38(92)24(9-79)117-69(60)127-59-41(95)29(121-68(53(59)107)125-56-27(12-82)118-62(33(43(56)97)74-18(3)85)123-54-25(10-80)114-61(108)32(42(54)96)73-17(2)84)14-112-65-52(106)58(126-66-50(104)46(100)37(91)23(8-78)116-66)40(94)28(120-65)13-111-64-49(103)45(99)36(90)22(7-77)115-64/h20-69,76-82,87-108H,5-15H2,1-4H3,(H,72,83)(H,73,84)(H,74,85)(H,75,86)(H,109,110)/t20-,21+,22+,23+,24+,25+,26+,27+,28+,29+,30+,31+,32+,33+,34+,35+,36+,37+,38+,39-,40+,41+,42+,43+,44+,45-,46-,47-,48-,49-,50-,51+,52-,53-,54+,55+,56+,57+,58-,59-,60-,61+,62-,63-,64-,65-,66+,67-,68-,69+,71+/m0/s1. The number of carbonyl (C=O) groups is 5. The van der Waals surface area contributed by atoms with Crippen molar-refractivity contribution in [1.29, 1.82) is 0 Å². The van der Waals surface area contributed by atoms with Crippen molar-refractivity contribution >= 4 is 29.6 Å². The summed E-state index contributed by atoms with van der Waals surface area (Å²) in [5.41, 5.74) is 0. The van der Waals surface area contributed by atoms with Crippen LogP contribution in [0.2, 0.25) is 0 Å². The number of aliphatic hydroxyl groups is 29. The lowest BCUT2D eigenvalue weighted by Gasteiger charge is -2.51. The van der Waals surface area contributed by atoms with Gasteiger partial charge in [-0.3, -0.25) is 19.2 Å². The maximum atomic E-state index is 13.2. The van der Waals surface area contributed by atoms with Gasteiger partial charge in [0.15, 0.2) is 56.6 Å². The van der Waals surface area contributed by atoms with Crippen molar-refractivity contribution in [2.24, 2.45) is 0 Å². The fourth-order valence-electron chi connectivity index (χ4n) is 16.4. The fourth-order valence-corrected chi connectivity index (χ4v) is 16.4. The highest BCUT2D eigenvalue weighted by Gasteiger charge is 2.63. The monoisotopic (exact) mass is 1890 g/mol. The summed E-state index contributed by atoms with van der Waals surface area (Å²) in [6.07, 6.45) is -102. The van der Waals surface area contributed by atoms with Gasteiger partial charge < -0.3 is 264 Å². The van der Waals surface area contributed by atoms with Crippen LogP contribution in [0.15, 0.2) is 0 Å². The molecule has 129 heavy (non-hydrogen) atoms. The molecule has 0 spiro atoms. The number of hydrogen-bond donors (Lipinski definition) is 34. The molecule has 0 aromatic rings. The average molecular weight is 1890 g/mol. The fraction of sp³-hybridized carbons (Fsp3) is 0.930. The van der Waals surface area contributed by atoms with Crippen molar-refractivity contribution in [2.75, 3.05) is 66.1 Å². The first-order valence-corrected chi connectivity index (χ1v) is 40.8. The topological polar surface area (TPSA) is 916 Å². The van der Waals surface area contributed by atoms with Gasteiger partial charge in [0.1, 0.15) is 238 Å². The van der Waals surface area contributed by atoms with E-state index in [1.54, 1.807) is 0 Å². The zero-order valence-corrected chi connectivity index (χ0v) is 68.9. The first-order valence-electron chi connectivity index (χ1n) is 40.8. The maximum absolute atomic E-state index is 13.2. The van der Waals surface area contributed by atoms with Crippen LogP contribution in [-0.4, -0.2) is 561 Å². The lowest BCUT2D eigenvalue weighted by Crippen LogP contribution is -2.71. The summed E-state index contributed by atoms with van der Waals surface area (Å²) in [5, 5.41) is 343. The Morgan fingerprint density at radius 2 is 0.628 bits per heavy atom. The number of ether oxygens (including phenoxy) is 19. The van der Waals surface area contributed by atoms with E-state index in [0.717, 1.165) is 27.7 Å². The minimum atomic E-state index is -3.11. The molecule has 10 fully saturated rings. The molecule has 10 saturated heterocycles. The molecule has 0 radical (unpaired) electrons. The zero-order valence-electron chi connectivity index (χ0n) is 68.9. The van der Waals surface area contributed by atoms with Gasteiger partial charge in [-0.25, -0.2) is 4.79 Å². The highest BCUT2D eigenvalue weighted by molar-refractivity contribution is 5.77. The number of aliphatic carboxylic acids is 1. The van der Waals surface area contributed by atoms with Crippen LogP contribution < -0.4 is 21.3 Å². The number of rotatable bonds is 35. The largest absolute Gasteiger partial charge is 0.477 e. The molecular formula is C71H118N4O54. The molecule has 10 rings (SSSR count). The van der Waals surface area contributed by atoms with Gasteiger partial charge in [-0.15, -0.1) is 0 Å². The molecule has 0 aromatic heterocycles. The Labute approximate surface area is 728 Å². The molecule has 10 aliphatic rings. The Balaban J connectivity index is 0.960. The Morgan fingerprint density at radius 3 is 1.06 bits per heavy atom. The average Bonchev–Trinajstić information content (AvgIpc) is 1.29. The summed E-state index contributed by atoms with van der Waals surface area (Å²) in [7, 11) is 0. The predicted molar refractivity (Wildman–Crippen MR) is 393 cm³/mol. The van der Waals surface area contributed by atoms with E-state index < -0.39 is 414 Å². The number of carbonyl (C=O) groups excluding carboxylic acids is 4. The Kier molecular flexibility index (Phi) is 38.0. The van der Waals surface area contributed by atoms with Crippen molar-refractivity contribution in [3.05, 3.63) is 0 Å². The van der Waals surface area contributed by atoms with Crippen LogP contribution in [0.3, 0.4) is 0 Å². The molecular weight excluding hydrogens is 1770 g/mol. The summed E-state index contributed by atoms with van der Waals surface area (Å²) in [5.74, 6) is -8.88. The van der Waals surface area contributed by atoms with Gasteiger partial charge in [-0.05, 0) is 0 Å². The molecule has 0 aliphatic carbocycles. The number of hydrogen-bond acceptors (Lipinski definition) is 53. The van der Waals surface area contributed by atoms with Crippen LogP contribution in [0.25, 0.3) is 0 Å². The van der Waals surface area contributed by atoms with Crippen molar-refractivity contribution < 1.29 is 267 Å². The third kappa shape index (κ3) is 23.6. The van der Waals surface area contributed by atoms with Gasteiger partial charge in [-0.2, -0.15) is 0 Å². The number of aliphatic hydroxyl groups excluding tert-OH is 29. The van der Waals surface area contributed by atoms with Gasteiger partial charge in [0, 0.05) is 34.1 Å². The number of amides is 4. The zero-order chi connectivity index (χ0) is 95.3. The molecule has 0 saturated carbocycles. The lowest BCUT2D eigenvalue weighted by atomic mass is 9.88. The van der Waals surface area contributed by atoms with Crippen molar-refractivity contribution in [3.8, 4) is 0 Å². The Hall–Kier alpha value is -4.57. The number of nitrogens with one attached hydrogen (secondary N) is 4. The van der Waals surface area contributed by atoms with Gasteiger partial charge in [0.25, 0.3) is 5.79 Å². The third-order valence-corrected chi connectivity index (χ3v) is 23.4. The summed E-state index contributed by atoms with van der Waals surface area (Å²) < 4.78 is 111. The van der Waals surface area contributed by atoms with Crippen molar-refractivity contribution in [1.82, 2.24) is 21.3 Å². The summed E-state index contributed by atoms with van der Waals surface area (Å²) in [4.78, 5) is 63.7. The minimum absolute atomic E-state index is 0.815. The Morgan fingerprint density at radius 1 is 0.318 bits per heavy atom. The second-order valence-electron chi connectivity index (χ2n) is 32.5. The van der Waals surface area contributed by atoms with Crippen molar-refractivity contribution in [2.45, 2.75) is 347 Å². The molecule has 10 heterocycles. The highest BCUT2D eigenvalue weighted by atomic mass is 16.8. The maximum Gasteiger partial charge on any atom is 0.364 e. The molecule has 746 valence electrons. The van der Waals surface area contributed by atoms with Crippen molar-refractivity contribution in [3.63, 3.8) is 0 Å². The van der Waals surface area contributed by atoms with Crippen LogP contribution in [-0.2, 0) is 114 Å². The molecule has 58 nitrogen and oxygen atoms in total. The molecule has 10 aliphatic heterocycles. The van der Waals surface area contributed by atoms with Gasteiger partial charge >= 0.3 is 5.97 Å². The Bertz CT molecular complexity index is 3550. The first-order chi connectivity index (χ1) is 60.8. The van der Waals surface area contributed by atoms with Crippen LogP contribution in [0.5, 0.6) is 0 Å². The summed E-state index contributed by atoms with van der Waals surface area (Å²) >= 11 is 0. The van der Waals surface area contributed by atoms with Gasteiger partial charge in [0.2, 0.25) is 23.6 Å². The van der Waals surface area contributed by atoms with Crippen LogP contribution in [0.1, 0.15) is 34.1 Å². The normalized spacial score (nSPS) is 48.1. The second kappa shape index (κ2) is 46.1. The summed E-state index contributed by atoms with van der Waals surface area (Å²) in [6.45, 7) is -7.86. The van der Waals surface area contributed by atoms with Gasteiger partial charge in [0.05, 0.1) is 78.2 Å². The second-order valence-corrected chi connectivity index (χ2v) is 32.5. The summed E-state index contributed by atoms with van der Waals surface area (Å²) in [6, 6.07) is -7.48. The molecule has 4 amide bonds. The minimum Gasteiger partial charge on any atom is -0.477 e. The number of carboxylic acids is 1. The predicted octanol–water partition coefficient (Wildman–Crippen LogP) is -23.0. The molecule has 58 heteroatoms. The third-order valence-electron chi connectivity index (χ3n) is 23.4. The van der Waals surface area contributed by atoms with E-state index in [1.165, 1.54) is 0 Å². The molecule has 34 N–H and O–H groups in total. The first kappa shape index (κ1) is 106. The quantitative estimate of drug-likeness (QED) is 0.0280. The highest BCUT2D eigenvalue weighted by Crippen LogP contribution is 2.42. The number of carboxylic acid groups (broad SMARTS) is 1. The van der Waals surface area contributed by atoms with Crippen LogP contribution >= 0.6 is 0 Å². The SMILES string of the molecule is CC(=O)N[C@@H]1[C@@H](O)[C@H](O[C@@H]2O[C@H](CO)[C@@H](O[C@@H]3O[C@H](CO[C@H]4O[C@H](CO[C@H]5O[C@H](CO)[C@@H](O)[C@H](O)[C@@H]5O)[C@@H](O)[C@H](O[C@H]5O[C@H](CO)[C@@H](O)[C@H](O)[C@@H]5O)[C@@H]4O)[C@@H](O)[C@H](O[C@H]4O[C@H](CO)[C@@H](O)[C@H](O)[C@@H]4O[C@@H]4O[C@H](CO)[C@@H](O[C@@H]5O[C@H](CO[C@]6(C(=O)O)C[C@H](O)[C@@H](NC(C)=O)[C@H]([C@H](O)[C@H](O)CO)O6)[C@H](O)[C@H](O)[C@H]5O)[C@H](O)[C@H]4NC(C)=O)[C@@H]3O)[C@H](O)[C@H]2NC(C)=O)[C@@H](CO)O[C@H]1O. The lowest BCUT2D eigenvalue weighted by molar-refractivity contribution is -0.399. The van der Waals surface area contributed by atoms with E-state index in [9.17, 15) is 177 Å². The molecule has 0 aromatic carbocycles. The van der Waals surface area contributed by atoms with Gasteiger partial charge in [-0.1, -0.05) is 0 Å². The van der Waals surface area contributed by atoms with E-state index in [4.69, 9.17) is 90.0 Å². The molecule has 0 unspecified atom stereocenters. The van der Waals surface area contributed by atoms with E-state index in [0.29, 0.717) is 0 Å². The molecule has 51 atom stereocenters. The van der Waals surface area contributed by atoms with Crippen LogP contribution in [0.4, 0.5) is 0 Å². The van der Waals surface area contributed by atoms with Crippen LogP contribution in [0, 0.1) is 0 Å². The van der Waals surface area contributed by atoms with E-state index in [1.807, 2.05) is 0 Å². The molecule has 0 bridgehead atoms. The smallest absolute Gasteiger partial charge is 0.364 e. The van der Waals surface area contributed by atoms with E-state index in [-0.39, 0.29) is 0 Å².